The number of non-ortho nitro benzene ring substituents is 2. The number of fused-ring (bicyclic) bond motifs is 2. The van der Waals surface area contributed by atoms with Gasteiger partial charge < -0.3 is 30.1 Å². The molecular formula is C36H21CrN7Na3O15S2. The zero-order valence-corrected chi connectivity index (χ0v) is 42.2. The molecule has 28 heteroatoms. The quantitative estimate of drug-likeness (QED) is 0.0196. The van der Waals surface area contributed by atoms with Gasteiger partial charge in [0.05, 0.1) is 48.1 Å². The van der Waals surface area contributed by atoms with Crippen molar-refractivity contribution in [2.24, 2.45) is 25.4 Å². The molecule has 0 saturated heterocycles. The molecular weight excluding hydrogens is 956 g/mol. The van der Waals surface area contributed by atoms with Crippen molar-refractivity contribution in [2.75, 3.05) is 0 Å². The second kappa shape index (κ2) is 24.2. The van der Waals surface area contributed by atoms with Gasteiger partial charge in [-0.1, -0.05) is 78.8 Å². The maximum absolute atomic E-state index is 12.5. The standard InChI is InChI=1S/C20H13N3O7S.C16H14N4O8S.Cr.3Na/c24-16-8-5-11-3-1-2-4-13(11)19(16)21-22-20-14-7-6-12(23(26)27)9-15(14)18(10-17(20)25)31(28,29)30;1-9(21)14(16(23)17-10-5-3-2-4-6-10)19-18-12-7-11(20(24)25)8-13(15(12)22)29(26,27)28;;;;/h1-10,24-25H,(H,28,29,30);2-8,21-22H,1H3,(H,17,23)(H,26,27,28);;;;/q;;+3;3*+1/p-6. The molecule has 0 heterocycles. The molecule has 0 unspecified atom stereocenters. The van der Waals surface area contributed by atoms with Crippen LogP contribution in [0.5, 0.6) is 17.2 Å². The second-order valence-electron chi connectivity index (χ2n) is 11.9. The van der Waals surface area contributed by atoms with Crippen LogP contribution in [-0.4, -0.2) is 41.7 Å². The van der Waals surface area contributed by atoms with E-state index >= 15 is 0 Å². The fourth-order valence-electron chi connectivity index (χ4n) is 5.19. The van der Waals surface area contributed by atoms with Crippen molar-refractivity contribution < 1.29 is 167 Å². The number of para-hydroxylation sites is 1. The van der Waals surface area contributed by atoms with Gasteiger partial charge in [-0.25, -0.2) is 8.42 Å². The normalized spacial score (nSPS) is 11.9. The first-order valence-electron chi connectivity index (χ1n) is 16.2. The van der Waals surface area contributed by atoms with Crippen LogP contribution in [0.1, 0.15) is 6.92 Å². The monoisotopic (exact) mass is 976 g/mol. The third-order valence-corrected chi connectivity index (χ3v) is 9.64. The van der Waals surface area contributed by atoms with Crippen LogP contribution in [-0.2, 0) is 37.6 Å². The summed E-state index contributed by atoms with van der Waals surface area (Å²) in [5.74, 6) is -4.76. The molecule has 0 aliphatic carbocycles. The first kappa shape index (κ1) is 57.6. The van der Waals surface area contributed by atoms with E-state index in [2.05, 4.69) is 25.4 Å². The van der Waals surface area contributed by atoms with E-state index in [4.69, 9.17) is 4.55 Å². The smallest absolute Gasteiger partial charge is 0.874 e. The van der Waals surface area contributed by atoms with Crippen LogP contribution in [0.25, 0.3) is 21.5 Å². The van der Waals surface area contributed by atoms with Gasteiger partial charge in [0.2, 0.25) is 0 Å². The molecule has 1 radical (unpaired) electrons. The maximum Gasteiger partial charge on any atom is 3.00 e. The molecule has 0 saturated carbocycles. The van der Waals surface area contributed by atoms with Crippen LogP contribution in [0.15, 0.2) is 150 Å². The van der Waals surface area contributed by atoms with Crippen molar-refractivity contribution in [3.63, 3.8) is 0 Å². The Labute approximate surface area is 438 Å². The molecule has 0 aliphatic rings. The minimum Gasteiger partial charge on any atom is -0.874 e. The van der Waals surface area contributed by atoms with Crippen molar-refractivity contribution >= 4 is 81.8 Å². The first-order valence-corrected chi connectivity index (χ1v) is 19.1. The van der Waals surface area contributed by atoms with Crippen molar-refractivity contribution in [3.8, 4) is 17.2 Å². The number of benzene rings is 6. The Balaban J connectivity index is 0.000000604. The zero-order valence-electron chi connectivity index (χ0n) is 33.3. The Kier molecular flexibility index (Phi) is 21.8. The van der Waals surface area contributed by atoms with Crippen molar-refractivity contribution in [2.45, 2.75) is 16.7 Å². The van der Waals surface area contributed by atoms with Gasteiger partial charge in [0.1, 0.15) is 10.1 Å². The molecule has 0 aromatic heterocycles. The predicted molar refractivity (Wildman–Crippen MR) is 199 cm³/mol. The van der Waals surface area contributed by atoms with Crippen LogP contribution >= 0.6 is 0 Å². The average Bonchev–Trinajstić information content (AvgIpc) is 3.18. The summed E-state index contributed by atoms with van der Waals surface area (Å²) in [7, 11) is -10.2. The van der Waals surface area contributed by atoms with E-state index in [1.807, 2.05) is 0 Å². The molecule has 311 valence electrons. The molecule has 0 spiro atoms. The third kappa shape index (κ3) is 14.1. The van der Waals surface area contributed by atoms with Gasteiger partial charge in [-0.2, -0.15) is 28.9 Å². The van der Waals surface area contributed by atoms with Crippen LogP contribution in [0.4, 0.5) is 34.1 Å². The maximum atomic E-state index is 12.5. The van der Waals surface area contributed by atoms with E-state index < -0.39 is 91.5 Å². The third-order valence-electron chi connectivity index (χ3n) is 7.90. The largest absolute Gasteiger partial charge is 3.00 e. The molecule has 0 atom stereocenters. The van der Waals surface area contributed by atoms with E-state index in [0.29, 0.717) is 29.0 Å². The number of nitrogens with zero attached hydrogens (tertiary/aromatic N) is 7. The van der Waals surface area contributed by atoms with Crippen molar-refractivity contribution in [3.05, 3.63) is 135 Å². The van der Waals surface area contributed by atoms with Crippen LogP contribution in [0.3, 0.4) is 0 Å². The summed E-state index contributed by atoms with van der Waals surface area (Å²) in [6, 6.07) is 22.1. The van der Waals surface area contributed by atoms with Gasteiger partial charge >= 0.3 is 106 Å². The number of hydrogen-bond donors (Lipinski definition) is 1. The van der Waals surface area contributed by atoms with Gasteiger partial charge in [-0.05, 0) is 29.7 Å². The van der Waals surface area contributed by atoms with E-state index in [1.165, 1.54) is 18.2 Å². The SMILES string of the molecule is CC([O-])=C(N=Nc1cc([N+](=O)[O-])cc(S(=O)(=O)O)c1[O-])C([O-])=Nc1ccccc1.O=[N+]([O-])c1ccc2c(N=Nc3c([O-])ccc4ccccc34)c([O-])cc(S(=O)(=O)[O-])c2c1.[Cr+3].[Na+].[Na+].[Na+]. The second-order valence-corrected chi connectivity index (χ2v) is 14.6. The van der Waals surface area contributed by atoms with Crippen molar-refractivity contribution in [1.29, 1.82) is 0 Å². The average molecular weight is 977 g/mol. The summed E-state index contributed by atoms with van der Waals surface area (Å²) in [6.45, 7) is 0.974. The van der Waals surface area contributed by atoms with E-state index in [9.17, 15) is 67.1 Å². The molecule has 64 heavy (non-hydrogen) atoms. The Hall–Kier alpha value is -4.40. The summed E-state index contributed by atoms with van der Waals surface area (Å²) in [5.41, 5.74) is -3.21. The Bertz CT molecular complexity index is 3090. The summed E-state index contributed by atoms with van der Waals surface area (Å²) >= 11 is 0. The topological polar surface area (TPSA) is 375 Å². The first-order chi connectivity index (χ1) is 28.2. The van der Waals surface area contributed by atoms with Gasteiger partial charge in [0, 0.05) is 46.3 Å². The Morgan fingerprint density at radius 1 is 0.641 bits per heavy atom. The molecule has 6 rings (SSSR count). The number of hydrogen-bond acceptors (Lipinski definition) is 19. The molecule has 1 N–H and O–H groups in total. The minimum atomic E-state index is -5.11. The molecule has 0 aliphatic heterocycles. The van der Waals surface area contributed by atoms with E-state index in [1.54, 1.807) is 48.5 Å². The van der Waals surface area contributed by atoms with Gasteiger partial charge in [-0.3, -0.25) is 29.8 Å². The van der Waals surface area contributed by atoms with Crippen LogP contribution in [0.2, 0.25) is 0 Å². The molecule has 0 amide bonds. The number of allylic oxidation sites excluding steroid dienone is 1. The fourth-order valence-corrected chi connectivity index (χ4v) is 6.49. The summed E-state index contributed by atoms with van der Waals surface area (Å²) in [4.78, 5) is 21.6. The van der Waals surface area contributed by atoms with Gasteiger partial charge in [0.25, 0.3) is 21.5 Å². The number of nitro benzene ring substituents is 2. The number of rotatable bonds is 10. The minimum absolute atomic E-state index is 0. The Morgan fingerprint density at radius 3 is 1.78 bits per heavy atom. The molecule has 0 fully saturated rings. The predicted octanol–water partition coefficient (Wildman–Crippen LogP) is -4.94. The summed E-state index contributed by atoms with van der Waals surface area (Å²) in [5, 5.41) is 97.9. The van der Waals surface area contributed by atoms with Gasteiger partial charge in [-0.15, -0.1) is 5.76 Å². The number of azo groups is 2. The Morgan fingerprint density at radius 2 is 1.22 bits per heavy atom. The summed E-state index contributed by atoms with van der Waals surface area (Å²) < 4.78 is 66.4. The number of aliphatic imine (C=N–C) groups is 1. The van der Waals surface area contributed by atoms with E-state index in [-0.39, 0.29) is 134 Å². The molecule has 22 nitrogen and oxygen atoms in total. The fraction of sp³-hybridized carbons (Fsp3) is 0.0278. The zero-order chi connectivity index (χ0) is 44.1. The molecule has 0 bridgehead atoms. The molecule has 6 aromatic carbocycles. The van der Waals surface area contributed by atoms with Crippen LogP contribution in [0, 0.1) is 20.2 Å². The molecule has 6 aromatic rings. The van der Waals surface area contributed by atoms with Crippen molar-refractivity contribution in [1.82, 2.24) is 0 Å². The van der Waals surface area contributed by atoms with Gasteiger partial charge in [0.15, 0.2) is 0 Å². The van der Waals surface area contributed by atoms with Crippen LogP contribution < -0.4 is 114 Å². The summed E-state index contributed by atoms with van der Waals surface area (Å²) in [6.07, 6.45) is 0. The number of nitro groups is 2. The van der Waals surface area contributed by atoms with E-state index in [0.717, 1.165) is 25.1 Å².